The molecule has 0 aliphatic carbocycles. The smallest absolute Gasteiger partial charge is 0.247 e. The zero-order valence-corrected chi connectivity index (χ0v) is 15.6. The molecule has 140 valence electrons. The fraction of sp³-hybridized carbons (Fsp3) is 0.286. The molecule has 0 atom stereocenters. The lowest BCUT2D eigenvalue weighted by Crippen LogP contribution is -2.25. The SMILES string of the molecule is COc1ccc(CCC(=O)NCCc2nnc(-c3ccccc3C)o2)cc1. The van der Waals surface area contributed by atoms with Crippen LogP contribution in [-0.2, 0) is 17.6 Å². The van der Waals surface area contributed by atoms with Crippen molar-refractivity contribution in [2.75, 3.05) is 13.7 Å². The van der Waals surface area contributed by atoms with Crippen LogP contribution in [0.5, 0.6) is 5.75 Å². The molecule has 0 bridgehead atoms. The lowest BCUT2D eigenvalue weighted by atomic mass is 10.1. The van der Waals surface area contributed by atoms with Crippen molar-refractivity contribution in [3.05, 3.63) is 65.5 Å². The molecule has 0 radical (unpaired) electrons. The van der Waals surface area contributed by atoms with Crippen LogP contribution in [0.15, 0.2) is 52.9 Å². The van der Waals surface area contributed by atoms with Gasteiger partial charge in [0.1, 0.15) is 5.75 Å². The summed E-state index contributed by atoms with van der Waals surface area (Å²) in [6.45, 7) is 2.47. The minimum Gasteiger partial charge on any atom is -0.497 e. The molecule has 0 unspecified atom stereocenters. The maximum atomic E-state index is 12.0. The molecule has 1 amide bonds. The second-order valence-corrected chi connectivity index (χ2v) is 6.26. The van der Waals surface area contributed by atoms with E-state index in [0.717, 1.165) is 22.4 Å². The summed E-state index contributed by atoms with van der Waals surface area (Å²) in [5.74, 6) is 1.84. The number of rotatable bonds is 8. The summed E-state index contributed by atoms with van der Waals surface area (Å²) in [4.78, 5) is 12.0. The monoisotopic (exact) mass is 365 g/mol. The van der Waals surface area contributed by atoms with Crippen LogP contribution in [0.4, 0.5) is 0 Å². The molecule has 1 heterocycles. The molecule has 3 rings (SSSR count). The predicted octanol–water partition coefficient (Wildman–Crippen LogP) is 3.35. The average molecular weight is 365 g/mol. The van der Waals surface area contributed by atoms with Crippen molar-refractivity contribution >= 4 is 5.91 Å². The molecule has 2 aromatic carbocycles. The van der Waals surface area contributed by atoms with E-state index in [1.807, 2.05) is 55.5 Å². The molecule has 0 saturated carbocycles. The van der Waals surface area contributed by atoms with Gasteiger partial charge < -0.3 is 14.5 Å². The summed E-state index contributed by atoms with van der Waals surface area (Å²) in [5, 5.41) is 11.0. The first-order valence-corrected chi connectivity index (χ1v) is 8.93. The van der Waals surface area contributed by atoms with Crippen LogP contribution >= 0.6 is 0 Å². The van der Waals surface area contributed by atoms with Crippen LogP contribution in [0.3, 0.4) is 0 Å². The van der Waals surface area contributed by atoms with Gasteiger partial charge in [0.05, 0.1) is 7.11 Å². The molecular formula is C21H23N3O3. The molecule has 27 heavy (non-hydrogen) atoms. The van der Waals surface area contributed by atoms with Gasteiger partial charge in [-0.05, 0) is 42.7 Å². The number of methoxy groups -OCH3 is 1. The van der Waals surface area contributed by atoms with Gasteiger partial charge >= 0.3 is 0 Å². The van der Waals surface area contributed by atoms with Crippen molar-refractivity contribution in [1.82, 2.24) is 15.5 Å². The molecule has 0 saturated heterocycles. The van der Waals surface area contributed by atoms with E-state index in [4.69, 9.17) is 9.15 Å². The summed E-state index contributed by atoms with van der Waals surface area (Å²) in [7, 11) is 1.63. The van der Waals surface area contributed by atoms with Gasteiger partial charge in [-0.15, -0.1) is 10.2 Å². The molecule has 0 fully saturated rings. The van der Waals surface area contributed by atoms with E-state index in [2.05, 4.69) is 15.5 Å². The van der Waals surface area contributed by atoms with Gasteiger partial charge in [0.15, 0.2) is 0 Å². The first kappa shape index (κ1) is 18.6. The fourth-order valence-electron chi connectivity index (χ4n) is 2.72. The van der Waals surface area contributed by atoms with Crippen LogP contribution in [0, 0.1) is 6.92 Å². The number of aryl methyl sites for hydroxylation is 2. The summed E-state index contributed by atoms with van der Waals surface area (Å²) in [6, 6.07) is 15.6. The largest absolute Gasteiger partial charge is 0.497 e. The predicted molar refractivity (Wildman–Crippen MR) is 102 cm³/mol. The summed E-state index contributed by atoms with van der Waals surface area (Å²) < 4.78 is 10.8. The normalized spacial score (nSPS) is 10.6. The zero-order chi connectivity index (χ0) is 19.1. The lowest BCUT2D eigenvalue weighted by Gasteiger charge is -2.05. The molecule has 0 aliphatic rings. The number of nitrogens with one attached hydrogen (secondary N) is 1. The van der Waals surface area contributed by atoms with E-state index in [9.17, 15) is 4.79 Å². The van der Waals surface area contributed by atoms with Gasteiger partial charge in [-0.1, -0.05) is 30.3 Å². The van der Waals surface area contributed by atoms with Gasteiger partial charge in [0, 0.05) is 24.9 Å². The zero-order valence-electron chi connectivity index (χ0n) is 15.6. The number of ether oxygens (including phenoxy) is 1. The number of carbonyl (C=O) groups is 1. The Balaban J connectivity index is 1.43. The Hall–Kier alpha value is -3.15. The van der Waals surface area contributed by atoms with E-state index in [1.165, 1.54) is 0 Å². The maximum Gasteiger partial charge on any atom is 0.247 e. The maximum absolute atomic E-state index is 12.0. The molecular weight excluding hydrogens is 342 g/mol. The first-order valence-electron chi connectivity index (χ1n) is 8.93. The van der Waals surface area contributed by atoms with Crippen LogP contribution in [0.1, 0.15) is 23.4 Å². The molecule has 1 N–H and O–H groups in total. The summed E-state index contributed by atoms with van der Waals surface area (Å²) in [5.41, 5.74) is 3.12. The number of benzene rings is 2. The van der Waals surface area contributed by atoms with Crippen LogP contribution < -0.4 is 10.1 Å². The number of amides is 1. The lowest BCUT2D eigenvalue weighted by molar-refractivity contribution is -0.121. The summed E-state index contributed by atoms with van der Waals surface area (Å²) >= 11 is 0. The molecule has 1 aromatic heterocycles. The Labute approximate surface area is 158 Å². The van der Waals surface area contributed by atoms with Crippen molar-refractivity contribution in [2.24, 2.45) is 0 Å². The van der Waals surface area contributed by atoms with E-state index in [-0.39, 0.29) is 5.91 Å². The van der Waals surface area contributed by atoms with Crippen molar-refractivity contribution in [3.63, 3.8) is 0 Å². The number of hydrogen-bond donors (Lipinski definition) is 1. The minimum atomic E-state index is 0.00413. The number of nitrogens with zero attached hydrogens (tertiary/aromatic N) is 2. The van der Waals surface area contributed by atoms with Gasteiger partial charge in [0.2, 0.25) is 17.7 Å². The standard InChI is InChI=1S/C21H23N3O3/c1-15-5-3-4-6-18(15)21-24-23-20(27-21)13-14-22-19(25)12-9-16-7-10-17(26-2)11-8-16/h3-8,10-11H,9,12-14H2,1-2H3,(H,22,25). The van der Waals surface area contributed by atoms with Crippen molar-refractivity contribution in [3.8, 4) is 17.2 Å². The molecule has 3 aromatic rings. The van der Waals surface area contributed by atoms with Crippen LogP contribution in [0.2, 0.25) is 0 Å². The number of aromatic nitrogens is 2. The molecule has 0 aliphatic heterocycles. The van der Waals surface area contributed by atoms with Crippen molar-refractivity contribution in [1.29, 1.82) is 0 Å². The number of carbonyl (C=O) groups excluding carboxylic acids is 1. The summed E-state index contributed by atoms with van der Waals surface area (Å²) in [6.07, 6.45) is 1.63. The Bertz CT molecular complexity index is 888. The second kappa shape index (κ2) is 8.98. The topological polar surface area (TPSA) is 77.2 Å². The quantitative estimate of drug-likeness (QED) is 0.662. The minimum absolute atomic E-state index is 0.00413. The van der Waals surface area contributed by atoms with Gasteiger partial charge in [-0.25, -0.2) is 0 Å². The Kier molecular flexibility index (Phi) is 6.20. The average Bonchev–Trinajstić information content (AvgIpc) is 3.16. The van der Waals surface area contributed by atoms with E-state index in [0.29, 0.717) is 37.6 Å². The van der Waals surface area contributed by atoms with Gasteiger partial charge in [-0.2, -0.15) is 0 Å². The molecule has 6 heteroatoms. The highest BCUT2D eigenvalue weighted by molar-refractivity contribution is 5.76. The number of hydrogen-bond acceptors (Lipinski definition) is 5. The van der Waals surface area contributed by atoms with Crippen LogP contribution in [0.25, 0.3) is 11.5 Å². The Morgan fingerprint density at radius 2 is 1.85 bits per heavy atom. The van der Waals surface area contributed by atoms with Crippen molar-refractivity contribution < 1.29 is 13.9 Å². The molecule has 6 nitrogen and oxygen atoms in total. The highest BCUT2D eigenvalue weighted by Gasteiger charge is 2.10. The highest BCUT2D eigenvalue weighted by atomic mass is 16.5. The van der Waals surface area contributed by atoms with Gasteiger partial charge in [0.25, 0.3) is 0 Å². The third-order valence-electron chi connectivity index (χ3n) is 4.30. The Morgan fingerprint density at radius 3 is 2.59 bits per heavy atom. The van der Waals surface area contributed by atoms with Crippen molar-refractivity contribution in [2.45, 2.75) is 26.2 Å². The van der Waals surface area contributed by atoms with E-state index >= 15 is 0 Å². The van der Waals surface area contributed by atoms with Crippen LogP contribution in [-0.4, -0.2) is 29.8 Å². The Morgan fingerprint density at radius 1 is 1.07 bits per heavy atom. The second-order valence-electron chi connectivity index (χ2n) is 6.26. The van der Waals surface area contributed by atoms with E-state index in [1.54, 1.807) is 7.11 Å². The first-order chi connectivity index (χ1) is 13.2. The van der Waals surface area contributed by atoms with Gasteiger partial charge in [-0.3, -0.25) is 4.79 Å². The van der Waals surface area contributed by atoms with E-state index < -0.39 is 0 Å². The third-order valence-corrected chi connectivity index (χ3v) is 4.30. The third kappa shape index (κ3) is 5.17. The fourth-order valence-corrected chi connectivity index (χ4v) is 2.72. The highest BCUT2D eigenvalue weighted by Crippen LogP contribution is 2.21. The molecule has 0 spiro atoms.